The molecule has 1 aliphatic heterocycles. The summed E-state index contributed by atoms with van der Waals surface area (Å²) in [5.74, 6) is -1.64. The predicted molar refractivity (Wildman–Crippen MR) is 139 cm³/mol. The van der Waals surface area contributed by atoms with Crippen LogP contribution in [0.25, 0.3) is 0 Å². The van der Waals surface area contributed by atoms with Crippen LogP contribution in [0.5, 0.6) is 0 Å². The number of carboxylic acid groups (broad SMARTS) is 1. The Balaban J connectivity index is 1.65. The quantitative estimate of drug-likeness (QED) is 0.281. The number of methoxy groups -OCH3 is 1. The van der Waals surface area contributed by atoms with E-state index in [1.807, 2.05) is 7.05 Å². The molecule has 9 nitrogen and oxygen atoms in total. The van der Waals surface area contributed by atoms with Crippen LogP contribution in [0.1, 0.15) is 63.0 Å². The third-order valence-electron chi connectivity index (χ3n) is 7.74. The number of ether oxygens (including phenoxy) is 2. The molecule has 4 N–H and O–H groups in total. The summed E-state index contributed by atoms with van der Waals surface area (Å²) in [6.07, 6.45) is 5.64. The largest absolute Gasteiger partial charge is 0.465 e. The van der Waals surface area contributed by atoms with E-state index in [1.54, 1.807) is 12.0 Å². The lowest BCUT2D eigenvalue weighted by Gasteiger charge is -2.38. The first-order chi connectivity index (χ1) is 18.2. The Morgan fingerprint density at radius 2 is 1.89 bits per heavy atom. The zero-order valence-electron chi connectivity index (χ0n) is 22.4. The maximum absolute atomic E-state index is 14.0. The van der Waals surface area contributed by atoms with E-state index in [0.717, 1.165) is 44.6 Å². The fourth-order valence-corrected chi connectivity index (χ4v) is 5.78. The van der Waals surface area contributed by atoms with Crippen molar-refractivity contribution in [1.82, 2.24) is 20.9 Å². The lowest BCUT2D eigenvalue weighted by molar-refractivity contribution is -0.0151. The van der Waals surface area contributed by atoms with Crippen molar-refractivity contribution in [2.75, 3.05) is 46.9 Å². The second kappa shape index (κ2) is 14.6. The van der Waals surface area contributed by atoms with Crippen LogP contribution >= 0.6 is 0 Å². The van der Waals surface area contributed by atoms with Crippen LogP contribution in [0.2, 0.25) is 0 Å². The van der Waals surface area contributed by atoms with Gasteiger partial charge >= 0.3 is 12.1 Å². The van der Waals surface area contributed by atoms with Crippen molar-refractivity contribution in [3.8, 4) is 0 Å². The van der Waals surface area contributed by atoms with E-state index in [9.17, 15) is 18.4 Å². The molecular weight excluding hydrogens is 498 g/mol. The number of amides is 3. The van der Waals surface area contributed by atoms with E-state index in [2.05, 4.69) is 16.0 Å². The second-order valence-electron chi connectivity index (χ2n) is 10.4. The van der Waals surface area contributed by atoms with Gasteiger partial charge in [0.15, 0.2) is 0 Å². The standard InChI is InChI=1S/C27H42F2N4O5/c1-30-17-23(7-10-27(37-2)8-3-4-9-27)32-25(34)33-12-5-6-19(18-33)24(38-13-11-31-26(35)36)20-14-21(28)16-22(29)15-20/h14-16,19,23-24,30-31H,3-13,17-18H2,1-2H3,(H,32,34)(H,35,36). The summed E-state index contributed by atoms with van der Waals surface area (Å²) in [6, 6.07) is 3.02. The van der Waals surface area contributed by atoms with Gasteiger partial charge in [0, 0.05) is 51.3 Å². The molecule has 1 aromatic rings. The van der Waals surface area contributed by atoms with Crippen LogP contribution in [0.15, 0.2) is 18.2 Å². The fraction of sp³-hybridized carbons (Fsp3) is 0.704. The number of likely N-dealkylation sites (N-methyl/N-ethyl adjacent to an activating group) is 1. The number of carbonyl (C=O) groups excluding carboxylic acids is 1. The molecule has 3 atom stereocenters. The molecule has 11 heteroatoms. The number of nitrogens with zero attached hydrogens (tertiary/aromatic N) is 1. The summed E-state index contributed by atoms with van der Waals surface area (Å²) >= 11 is 0. The van der Waals surface area contributed by atoms with Gasteiger partial charge in [0.1, 0.15) is 11.6 Å². The minimum atomic E-state index is -1.18. The maximum Gasteiger partial charge on any atom is 0.404 e. The third kappa shape index (κ3) is 8.78. The molecule has 2 aliphatic rings. The van der Waals surface area contributed by atoms with Crippen molar-refractivity contribution in [2.24, 2.45) is 5.92 Å². The highest BCUT2D eigenvalue weighted by atomic mass is 19.1. The van der Waals surface area contributed by atoms with Crippen LogP contribution in [0.3, 0.4) is 0 Å². The normalized spacial score (nSPS) is 20.6. The number of urea groups is 1. The van der Waals surface area contributed by atoms with Crippen LogP contribution in [0, 0.1) is 17.6 Å². The minimum Gasteiger partial charge on any atom is -0.465 e. The molecule has 0 radical (unpaired) electrons. The molecule has 0 spiro atoms. The first-order valence-electron chi connectivity index (χ1n) is 13.5. The Labute approximate surface area is 223 Å². The average Bonchev–Trinajstić information content (AvgIpc) is 3.36. The molecule has 3 unspecified atom stereocenters. The number of halogens is 2. The summed E-state index contributed by atoms with van der Waals surface area (Å²) in [5.41, 5.74) is 0.229. The van der Waals surface area contributed by atoms with Gasteiger partial charge in [0.2, 0.25) is 0 Å². The third-order valence-corrected chi connectivity index (χ3v) is 7.74. The van der Waals surface area contributed by atoms with Crippen molar-refractivity contribution in [3.05, 3.63) is 35.4 Å². The number of hydrogen-bond donors (Lipinski definition) is 4. The van der Waals surface area contributed by atoms with E-state index in [1.165, 1.54) is 12.1 Å². The lowest BCUT2D eigenvalue weighted by atomic mass is 9.88. The molecule has 1 saturated carbocycles. The zero-order valence-corrected chi connectivity index (χ0v) is 22.4. The number of likely N-dealkylation sites (tertiary alicyclic amines) is 1. The summed E-state index contributed by atoms with van der Waals surface area (Å²) in [4.78, 5) is 25.8. The number of hydrogen-bond acceptors (Lipinski definition) is 5. The molecule has 1 aliphatic carbocycles. The minimum absolute atomic E-state index is 0.0310. The number of nitrogens with one attached hydrogen (secondary N) is 3. The molecule has 0 aromatic heterocycles. The van der Waals surface area contributed by atoms with Crippen molar-refractivity contribution >= 4 is 12.1 Å². The van der Waals surface area contributed by atoms with Gasteiger partial charge in [0.25, 0.3) is 0 Å². The monoisotopic (exact) mass is 540 g/mol. The lowest BCUT2D eigenvalue weighted by Crippen LogP contribution is -2.51. The molecule has 38 heavy (non-hydrogen) atoms. The molecule has 1 saturated heterocycles. The van der Waals surface area contributed by atoms with Gasteiger partial charge in [0.05, 0.1) is 18.3 Å². The Morgan fingerprint density at radius 3 is 2.53 bits per heavy atom. The predicted octanol–water partition coefficient (Wildman–Crippen LogP) is 4.04. The van der Waals surface area contributed by atoms with Gasteiger partial charge in [-0.1, -0.05) is 12.8 Å². The smallest absolute Gasteiger partial charge is 0.404 e. The van der Waals surface area contributed by atoms with Gasteiger partial charge < -0.3 is 35.4 Å². The highest BCUT2D eigenvalue weighted by Crippen LogP contribution is 2.37. The zero-order chi connectivity index (χ0) is 27.5. The Kier molecular flexibility index (Phi) is 11.5. The van der Waals surface area contributed by atoms with E-state index in [0.29, 0.717) is 38.0 Å². The van der Waals surface area contributed by atoms with Crippen LogP contribution < -0.4 is 16.0 Å². The summed E-state index contributed by atoms with van der Waals surface area (Å²) in [7, 11) is 3.63. The SMILES string of the molecule is CNCC(CCC1(OC)CCCC1)NC(=O)N1CCCC(C(OCCNC(=O)O)c2cc(F)cc(F)c2)C1. The second-order valence-corrected chi connectivity index (χ2v) is 10.4. The topological polar surface area (TPSA) is 112 Å². The van der Waals surface area contributed by atoms with Gasteiger partial charge in [-0.25, -0.2) is 18.4 Å². The number of benzene rings is 1. The Bertz CT molecular complexity index is 895. The van der Waals surface area contributed by atoms with Crippen molar-refractivity contribution in [3.63, 3.8) is 0 Å². The number of carbonyl (C=O) groups is 2. The van der Waals surface area contributed by atoms with Crippen molar-refractivity contribution in [2.45, 2.75) is 69.1 Å². The first-order valence-corrected chi connectivity index (χ1v) is 13.5. The highest BCUT2D eigenvalue weighted by Gasteiger charge is 2.35. The summed E-state index contributed by atoms with van der Waals surface area (Å²) in [6.45, 7) is 1.63. The molecule has 0 bridgehead atoms. The van der Waals surface area contributed by atoms with Gasteiger partial charge in [-0.05, 0) is 63.3 Å². The maximum atomic E-state index is 14.0. The van der Waals surface area contributed by atoms with Crippen LogP contribution in [-0.2, 0) is 9.47 Å². The molecule has 2 fully saturated rings. The number of rotatable bonds is 13. The molecular formula is C27H42F2N4O5. The molecule has 1 aromatic carbocycles. The Morgan fingerprint density at radius 1 is 1.18 bits per heavy atom. The molecule has 214 valence electrons. The molecule has 3 rings (SSSR count). The first kappa shape index (κ1) is 30.0. The van der Waals surface area contributed by atoms with Gasteiger partial charge in [-0.2, -0.15) is 0 Å². The van der Waals surface area contributed by atoms with Gasteiger partial charge in [-0.3, -0.25) is 0 Å². The van der Waals surface area contributed by atoms with Crippen molar-refractivity contribution in [1.29, 1.82) is 0 Å². The molecule has 3 amide bonds. The van der Waals surface area contributed by atoms with E-state index >= 15 is 0 Å². The fourth-order valence-electron chi connectivity index (χ4n) is 5.78. The van der Waals surface area contributed by atoms with Crippen LogP contribution in [0.4, 0.5) is 18.4 Å². The van der Waals surface area contributed by atoms with E-state index in [-0.39, 0.29) is 36.7 Å². The van der Waals surface area contributed by atoms with Crippen molar-refractivity contribution < 1.29 is 33.0 Å². The highest BCUT2D eigenvalue weighted by molar-refractivity contribution is 5.74. The van der Waals surface area contributed by atoms with E-state index in [4.69, 9.17) is 14.6 Å². The average molecular weight is 541 g/mol. The Hall–Kier alpha value is -2.50. The number of piperidine rings is 1. The van der Waals surface area contributed by atoms with E-state index < -0.39 is 23.8 Å². The molecule has 1 heterocycles. The summed E-state index contributed by atoms with van der Waals surface area (Å²) in [5, 5.41) is 17.4. The summed E-state index contributed by atoms with van der Waals surface area (Å²) < 4.78 is 39.9. The van der Waals surface area contributed by atoms with Crippen LogP contribution in [-0.4, -0.2) is 80.7 Å². The van der Waals surface area contributed by atoms with Gasteiger partial charge in [-0.15, -0.1) is 0 Å².